The lowest BCUT2D eigenvalue weighted by Crippen LogP contribution is -2.25. The van der Waals surface area contributed by atoms with Crippen LogP contribution >= 0.6 is 0 Å². The highest BCUT2D eigenvalue weighted by atomic mass is 16.3. The number of hydrogen-bond donors (Lipinski definition) is 2. The second kappa shape index (κ2) is 9.97. The molecule has 0 radical (unpaired) electrons. The number of hydrogen-bond acceptors (Lipinski definition) is 5. The number of aromatic hydroxyl groups is 1. The van der Waals surface area contributed by atoms with Crippen LogP contribution < -0.4 is 5.43 Å². The average Bonchev–Trinajstić information content (AvgIpc) is 2.92. The summed E-state index contributed by atoms with van der Waals surface area (Å²) in [5.74, 6) is -0.666. The molecule has 5 rings (SSSR count). The van der Waals surface area contributed by atoms with Crippen molar-refractivity contribution in [2.24, 2.45) is 5.10 Å². The first-order valence-electron chi connectivity index (χ1n) is 11.2. The summed E-state index contributed by atoms with van der Waals surface area (Å²) >= 11 is 0. The van der Waals surface area contributed by atoms with Gasteiger partial charge in [0.1, 0.15) is 17.0 Å². The summed E-state index contributed by atoms with van der Waals surface area (Å²) in [4.78, 5) is 21.7. The molecule has 0 aliphatic carbocycles. The maximum absolute atomic E-state index is 12.8. The second-order valence-electron chi connectivity index (χ2n) is 7.95. The maximum atomic E-state index is 12.8. The lowest BCUT2D eigenvalue weighted by atomic mass is 9.85. The Balaban J connectivity index is 1.68. The van der Waals surface area contributed by atoms with Crippen molar-refractivity contribution in [1.82, 2.24) is 15.4 Å². The van der Waals surface area contributed by atoms with E-state index in [1.165, 1.54) is 0 Å². The fourth-order valence-corrected chi connectivity index (χ4v) is 4.01. The largest absolute Gasteiger partial charge is 0.506 e. The Morgan fingerprint density at radius 3 is 2.09 bits per heavy atom. The van der Waals surface area contributed by atoms with Crippen molar-refractivity contribution in [3.05, 3.63) is 138 Å². The monoisotopic (exact) mass is 458 g/mol. The van der Waals surface area contributed by atoms with E-state index in [4.69, 9.17) is 4.98 Å². The summed E-state index contributed by atoms with van der Waals surface area (Å²) in [5.41, 5.74) is 6.45. The van der Waals surface area contributed by atoms with Gasteiger partial charge in [0.25, 0.3) is 5.91 Å². The predicted molar refractivity (Wildman–Crippen MR) is 136 cm³/mol. The number of carbonyl (C=O) groups excluding carboxylic acids is 1. The molecule has 5 aromatic rings. The molecule has 0 bridgehead atoms. The number of amides is 1. The Morgan fingerprint density at radius 2 is 1.43 bits per heavy atom. The Kier molecular flexibility index (Phi) is 6.26. The summed E-state index contributed by atoms with van der Waals surface area (Å²) in [6.07, 6.45) is 1.56. The second-order valence-corrected chi connectivity index (χ2v) is 7.95. The van der Waals surface area contributed by atoms with Gasteiger partial charge >= 0.3 is 0 Å². The first-order chi connectivity index (χ1) is 17.2. The van der Waals surface area contributed by atoms with Gasteiger partial charge in [0.15, 0.2) is 0 Å². The Hall–Kier alpha value is -4.84. The van der Waals surface area contributed by atoms with Gasteiger partial charge in [0.05, 0.1) is 17.3 Å². The summed E-state index contributed by atoms with van der Waals surface area (Å²) in [6.45, 7) is 0. The van der Waals surface area contributed by atoms with Crippen molar-refractivity contribution in [2.45, 2.75) is 5.92 Å². The lowest BCUT2D eigenvalue weighted by molar-refractivity contribution is 0.0950. The first kappa shape index (κ1) is 22.0. The van der Waals surface area contributed by atoms with Gasteiger partial charge in [0, 0.05) is 11.6 Å². The molecule has 0 unspecified atom stereocenters. The minimum absolute atomic E-state index is 0.0807. The van der Waals surface area contributed by atoms with Crippen LogP contribution in [0.2, 0.25) is 0 Å². The van der Waals surface area contributed by atoms with E-state index in [9.17, 15) is 9.90 Å². The highest BCUT2D eigenvalue weighted by molar-refractivity contribution is 6.07. The predicted octanol–water partition coefficient (Wildman–Crippen LogP) is 5.30. The number of aromatic nitrogens is 2. The third-order valence-electron chi connectivity index (χ3n) is 5.68. The van der Waals surface area contributed by atoms with E-state index in [0.29, 0.717) is 16.9 Å². The van der Waals surface area contributed by atoms with Crippen molar-refractivity contribution < 1.29 is 9.90 Å². The van der Waals surface area contributed by atoms with Gasteiger partial charge in [-0.25, -0.2) is 10.4 Å². The van der Waals surface area contributed by atoms with E-state index in [2.05, 4.69) is 15.5 Å². The van der Waals surface area contributed by atoms with Crippen LogP contribution in [0, 0.1) is 0 Å². The zero-order chi connectivity index (χ0) is 24.0. The van der Waals surface area contributed by atoms with Gasteiger partial charge in [0.2, 0.25) is 0 Å². The van der Waals surface area contributed by atoms with E-state index in [1.54, 1.807) is 36.5 Å². The van der Waals surface area contributed by atoms with Crippen molar-refractivity contribution in [2.75, 3.05) is 0 Å². The van der Waals surface area contributed by atoms with Crippen LogP contribution in [0.15, 0.2) is 120 Å². The maximum Gasteiger partial charge on any atom is 0.289 e. The van der Waals surface area contributed by atoms with Crippen molar-refractivity contribution in [3.8, 4) is 5.75 Å². The van der Waals surface area contributed by atoms with E-state index in [0.717, 1.165) is 16.5 Å². The normalized spacial score (nSPS) is 11.5. The molecule has 2 heterocycles. The van der Waals surface area contributed by atoms with Gasteiger partial charge in [-0.2, -0.15) is 5.10 Å². The molecule has 6 nitrogen and oxygen atoms in total. The smallest absolute Gasteiger partial charge is 0.289 e. The molecule has 1 amide bonds. The van der Waals surface area contributed by atoms with Crippen LogP contribution in [0.3, 0.4) is 0 Å². The fourth-order valence-electron chi connectivity index (χ4n) is 4.01. The van der Waals surface area contributed by atoms with Crippen molar-refractivity contribution >= 4 is 22.5 Å². The van der Waals surface area contributed by atoms with Gasteiger partial charge in [-0.15, -0.1) is 0 Å². The number of para-hydroxylation sites is 1. The van der Waals surface area contributed by atoms with E-state index in [1.807, 2.05) is 78.9 Å². The first-order valence-corrected chi connectivity index (χ1v) is 11.2. The number of carbonyl (C=O) groups is 1. The van der Waals surface area contributed by atoms with E-state index < -0.39 is 5.91 Å². The van der Waals surface area contributed by atoms with Crippen LogP contribution in [-0.4, -0.2) is 26.7 Å². The Morgan fingerprint density at radius 1 is 0.743 bits per heavy atom. The number of nitrogens with one attached hydrogen (secondary N) is 1. The molecule has 35 heavy (non-hydrogen) atoms. The summed E-state index contributed by atoms with van der Waals surface area (Å²) in [7, 11) is 0. The third kappa shape index (κ3) is 4.77. The van der Waals surface area contributed by atoms with E-state index in [-0.39, 0.29) is 17.4 Å². The molecule has 2 N–H and O–H groups in total. The van der Waals surface area contributed by atoms with Crippen LogP contribution in [0.1, 0.15) is 33.2 Å². The topological polar surface area (TPSA) is 87.5 Å². The summed E-state index contributed by atoms with van der Waals surface area (Å²) in [5, 5.41) is 15.8. The Bertz CT molecular complexity index is 1450. The highest BCUT2D eigenvalue weighted by Crippen LogP contribution is 2.30. The molecular formula is C29H22N4O2. The molecule has 2 aromatic heterocycles. The van der Waals surface area contributed by atoms with E-state index >= 15 is 0 Å². The number of rotatable bonds is 6. The zero-order valence-corrected chi connectivity index (χ0v) is 18.7. The minimum atomic E-state index is -0.424. The molecule has 0 saturated heterocycles. The number of phenolic OH excluding ortho intramolecular Hbond substituents is 1. The molecule has 6 heteroatoms. The quantitative estimate of drug-likeness (QED) is 0.267. The van der Waals surface area contributed by atoms with Gasteiger partial charge < -0.3 is 5.11 Å². The van der Waals surface area contributed by atoms with Crippen LogP contribution in [0.4, 0.5) is 0 Å². The average molecular weight is 459 g/mol. The molecular weight excluding hydrogens is 436 g/mol. The minimum Gasteiger partial charge on any atom is -0.506 e. The molecule has 170 valence electrons. The molecule has 0 saturated carbocycles. The van der Waals surface area contributed by atoms with Crippen molar-refractivity contribution in [3.63, 3.8) is 0 Å². The van der Waals surface area contributed by atoms with Crippen molar-refractivity contribution in [1.29, 1.82) is 0 Å². The SMILES string of the molecule is O=C(N/N=C(/c1ccc2cccc(O)c2n1)C(c1ccccc1)c1ccccc1)c1ccccn1. The van der Waals surface area contributed by atoms with Crippen LogP contribution in [0.5, 0.6) is 5.75 Å². The molecule has 0 fully saturated rings. The number of fused-ring (bicyclic) bond motifs is 1. The lowest BCUT2D eigenvalue weighted by Gasteiger charge is -2.21. The number of nitrogens with zero attached hydrogens (tertiary/aromatic N) is 3. The Labute approximate surface area is 202 Å². The number of phenols is 1. The van der Waals surface area contributed by atoms with Crippen LogP contribution in [-0.2, 0) is 0 Å². The number of benzene rings is 3. The number of hydrazone groups is 1. The molecule has 3 aromatic carbocycles. The third-order valence-corrected chi connectivity index (χ3v) is 5.68. The highest BCUT2D eigenvalue weighted by Gasteiger charge is 2.24. The fraction of sp³-hybridized carbons (Fsp3) is 0.0345. The summed E-state index contributed by atoms with van der Waals surface area (Å²) < 4.78 is 0. The number of pyridine rings is 2. The molecule has 0 atom stereocenters. The van der Waals surface area contributed by atoms with Crippen LogP contribution in [0.25, 0.3) is 10.9 Å². The van der Waals surface area contributed by atoms with Gasteiger partial charge in [-0.05, 0) is 35.4 Å². The van der Waals surface area contributed by atoms with Gasteiger partial charge in [-0.1, -0.05) is 84.9 Å². The molecule has 0 aliphatic heterocycles. The summed E-state index contributed by atoms with van der Waals surface area (Å²) in [6, 6.07) is 34.0. The standard InChI is InChI=1S/C29H22N4O2/c34-25-16-9-14-22-17-18-23(31-27(22)25)28(32-33-29(35)24-15-7-8-19-30-24)26(20-10-3-1-4-11-20)21-12-5-2-6-13-21/h1-19,26,34H,(H,33,35)/b32-28-. The molecule has 0 spiro atoms. The zero-order valence-electron chi connectivity index (χ0n) is 18.7. The molecule has 0 aliphatic rings. The van der Waals surface area contributed by atoms with Gasteiger partial charge in [-0.3, -0.25) is 9.78 Å².